The van der Waals surface area contributed by atoms with Crippen molar-refractivity contribution in [3.05, 3.63) is 90.0 Å². The van der Waals surface area contributed by atoms with E-state index >= 15 is 0 Å². The SMILES string of the molecule is CC(NC(=O)c1ccc2c(-c3ccc(C(F)(F)F)cc3)cccc2c1)c1cn(C)cn1. The average molecular weight is 423 g/mol. The number of aromatic nitrogens is 2. The molecule has 7 heteroatoms. The first-order valence-corrected chi connectivity index (χ1v) is 9.71. The van der Waals surface area contributed by atoms with Crippen LogP contribution in [0.4, 0.5) is 13.2 Å². The highest BCUT2D eigenvalue weighted by Crippen LogP contribution is 2.33. The number of alkyl halides is 3. The Balaban J connectivity index is 1.61. The molecule has 158 valence electrons. The lowest BCUT2D eigenvalue weighted by atomic mass is 9.96. The van der Waals surface area contributed by atoms with E-state index in [1.54, 1.807) is 18.5 Å². The molecule has 0 saturated heterocycles. The second-order valence-electron chi connectivity index (χ2n) is 7.48. The molecule has 1 aromatic heterocycles. The van der Waals surface area contributed by atoms with Crippen molar-refractivity contribution in [3.8, 4) is 11.1 Å². The fraction of sp³-hybridized carbons (Fsp3) is 0.167. The Morgan fingerprint density at radius 1 is 1.06 bits per heavy atom. The molecular weight excluding hydrogens is 403 g/mol. The minimum atomic E-state index is -4.37. The number of amides is 1. The molecule has 1 atom stereocenters. The van der Waals surface area contributed by atoms with Crippen LogP contribution in [-0.2, 0) is 13.2 Å². The molecule has 0 radical (unpaired) electrons. The summed E-state index contributed by atoms with van der Waals surface area (Å²) in [5, 5.41) is 4.62. The molecule has 1 heterocycles. The molecule has 4 nitrogen and oxygen atoms in total. The van der Waals surface area contributed by atoms with Crippen LogP contribution >= 0.6 is 0 Å². The third-order valence-electron chi connectivity index (χ3n) is 5.18. The van der Waals surface area contributed by atoms with Gasteiger partial charge in [-0.3, -0.25) is 4.79 Å². The monoisotopic (exact) mass is 423 g/mol. The Kier molecular flexibility index (Phi) is 5.27. The minimum absolute atomic E-state index is 0.222. The summed E-state index contributed by atoms with van der Waals surface area (Å²) in [7, 11) is 1.86. The molecule has 1 amide bonds. The molecule has 0 fully saturated rings. The standard InChI is InChI=1S/C24H20F3N3O/c1-15(22-13-30(2)14-28-22)29-23(31)18-8-11-21-17(12-18)4-3-5-20(21)16-6-9-19(10-7-16)24(25,26)27/h3-15H,1-2H3,(H,29,31). The molecule has 4 aromatic rings. The first-order valence-electron chi connectivity index (χ1n) is 9.71. The average Bonchev–Trinajstić information content (AvgIpc) is 3.19. The number of benzene rings is 3. The van der Waals surface area contributed by atoms with Crippen LogP contribution in [0.1, 0.15) is 34.6 Å². The maximum atomic E-state index is 12.9. The van der Waals surface area contributed by atoms with Crippen LogP contribution < -0.4 is 5.32 Å². The summed E-state index contributed by atoms with van der Waals surface area (Å²) < 4.78 is 40.4. The van der Waals surface area contributed by atoms with Gasteiger partial charge >= 0.3 is 6.18 Å². The second kappa shape index (κ2) is 7.91. The zero-order valence-corrected chi connectivity index (χ0v) is 16.9. The summed E-state index contributed by atoms with van der Waals surface area (Å²) in [4.78, 5) is 17.0. The van der Waals surface area contributed by atoms with E-state index < -0.39 is 11.7 Å². The van der Waals surface area contributed by atoms with Crippen LogP contribution in [0.5, 0.6) is 0 Å². The molecule has 1 N–H and O–H groups in total. The number of hydrogen-bond acceptors (Lipinski definition) is 2. The third kappa shape index (κ3) is 4.30. The molecule has 0 bridgehead atoms. The van der Waals surface area contributed by atoms with Crippen molar-refractivity contribution in [2.75, 3.05) is 0 Å². The Morgan fingerprint density at radius 2 is 1.81 bits per heavy atom. The summed E-state index contributed by atoms with van der Waals surface area (Å²) >= 11 is 0. The number of halogens is 3. The Labute approximate surface area is 177 Å². The van der Waals surface area contributed by atoms with Gasteiger partial charge < -0.3 is 9.88 Å². The number of hydrogen-bond donors (Lipinski definition) is 1. The first-order chi connectivity index (χ1) is 14.7. The van der Waals surface area contributed by atoms with Gasteiger partial charge in [-0.2, -0.15) is 13.2 Å². The van der Waals surface area contributed by atoms with Gasteiger partial charge in [0.15, 0.2) is 0 Å². The number of carbonyl (C=O) groups excluding carboxylic acids is 1. The minimum Gasteiger partial charge on any atom is -0.344 e. The van der Waals surface area contributed by atoms with Crippen molar-refractivity contribution in [1.29, 1.82) is 0 Å². The van der Waals surface area contributed by atoms with Gasteiger partial charge in [-0.05, 0) is 53.1 Å². The summed E-state index contributed by atoms with van der Waals surface area (Å²) in [6.07, 6.45) is -0.843. The zero-order valence-electron chi connectivity index (χ0n) is 16.9. The number of imidazole rings is 1. The van der Waals surface area contributed by atoms with Crippen molar-refractivity contribution < 1.29 is 18.0 Å². The lowest BCUT2D eigenvalue weighted by molar-refractivity contribution is -0.137. The highest BCUT2D eigenvalue weighted by atomic mass is 19.4. The maximum absolute atomic E-state index is 12.9. The molecule has 3 aromatic carbocycles. The molecule has 0 aliphatic rings. The summed E-state index contributed by atoms with van der Waals surface area (Å²) in [6, 6.07) is 15.7. The van der Waals surface area contributed by atoms with Crippen molar-refractivity contribution in [3.63, 3.8) is 0 Å². The Bertz CT molecular complexity index is 1240. The van der Waals surface area contributed by atoms with Crippen molar-refractivity contribution >= 4 is 16.7 Å². The lowest BCUT2D eigenvalue weighted by Crippen LogP contribution is -2.26. The molecule has 1 unspecified atom stereocenters. The topological polar surface area (TPSA) is 46.9 Å². The first kappa shape index (κ1) is 20.7. The van der Waals surface area contributed by atoms with Crippen LogP contribution in [0.25, 0.3) is 21.9 Å². The number of nitrogens with zero attached hydrogens (tertiary/aromatic N) is 2. The van der Waals surface area contributed by atoms with Crippen molar-refractivity contribution in [1.82, 2.24) is 14.9 Å². The number of fused-ring (bicyclic) bond motifs is 1. The second-order valence-corrected chi connectivity index (χ2v) is 7.48. The van der Waals surface area contributed by atoms with Crippen LogP contribution in [0, 0.1) is 0 Å². The van der Waals surface area contributed by atoms with Gasteiger partial charge in [0, 0.05) is 18.8 Å². The number of rotatable bonds is 4. The van der Waals surface area contributed by atoms with Gasteiger partial charge in [-0.15, -0.1) is 0 Å². The third-order valence-corrected chi connectivity index (χ3v) is 5.18. The molecule has 0 aliphatic carbocycles. The van der Waals surface area contributed by atoms with Crippen LogP contribution in [0.3, 0.4) is 0 Å². The summed E-state index contributed by atoms with van der Waals surface area (Å²) in [6.45, 7) is 1.87. The van der Waals surface area contributed by atoms with E-state index in [0.717, 1.165) is 34.2 Å². The number of carbonyl (C=O) groups is 1. The smallest absolute Gasteiger partial charge is 0.344 e. The van der Waals surface area contributed by atoms with E-state index in [9.17, 15) is 18.0 Å². The van der Waals surface area contributed by atoms with Crippen LogP contribution in [0.15, 0.2) is 73.2 Å². The molecular formula is C24H20F3N3O. The highest BCUT2D eigenvalue weighted by Gasteiger charge is 2.30. The largest absolute Gasteiger partial charge is 0.416 e. The van der Waals surface area contributed by atoms with E-state index in [-0.39, 0.29) is 11.9 Å². The van der Waals surface area contributed by atoms with Gasteiger partial charge in [0.1, 0.15) is 0 Å². The molecule has 0 aliphatic heterocycles. The van der Waals surface area contributed by atoms with Crippen molar-refractivity contribution in [2.45, 2.75) is 19.1 Å². The molecule has 4 rings (SSSR count). The summed E-state index contributed by atoms with van der Waals surface area (Å²) in [5.74, 6) is -0.222. The number of nitrogens with one attached hydrogen (secondary N) is 1. The van der Waals surface area contributed by atoms with Gasteiger partial charge in [0.25, 0.3) is 5.91 Å². The summed E-state index contributed by atoms with van der Waals surface area (Å²) in [5.41, 5.74) is 2.07. The van der Waals surface area contributed by atoms with E-state index in [2.05, 4.69) is 10.3 Å². The predicted molar refractivity (Wildman–Crippen MR) is 113 cm³/mol. The normalized spacial score (nSPS) is 12.7. The zero-order chi connectivity index (χ0) is 22.2. The molecule has 31 heavy (non-hydrogen) atoms. The Morgan fingerprint density at radius 3 is 2.45 bits per heavy atom. The lowest BCUT2D eigenvalue weighted by Gasteiger charge is -2.13. The Hall–Kier alpha value is -3.61. The van der Waals surface area contributed by atoms with Gasteiger partial charge in [0.2, 0.25) is 0 Å². The van der Waals surface area contributed by atoms with Gasteiger partial charge in [0.05, 0.1) is 23.6 Å². The van der Waals surface area contributed by atoms with Gasteiger partial charge in [-0.1, -0.05) is 36.4 Å². The highest BCUT2D eigenvalue weighted by molar-refractivity contribution is 6.02. The quantitative estimate of drug-likeness (QED) is 0.454. The van der Waals surface area contributed by atoms with E-state index in [4.69, 9.17) is 0 Å². The fourth-order valence-electron chi connectivity index (χ4n) is 3.53. The van der Waals surface area contributed by atoms with Crippen LogP contribution in [-0.4, -0.2) is 15.5 Å². The van der Waals surface area contributed by atoms with E-state index in [1.807, 2.05) is 49.0 Å². The molecule has 0 saturated carbocycles. The van der Waals surface area contributed by atoms with Gasteiger partial charge in [-0.25, -0.2) is 4.98 Å². The van der Waals surface area contributed by atoms with Crippen molar-refractivity contribution in [2.24, 2.45) is 7.05 Å². The molecule has 0 spiro atoms. The number of aryl methyl sites for hydroxylation is 1. The van der Waals surface area contributed by atoms with Crippen LogP contribution in [0.2, 0.25) is 0 Å². The fourth-order valence-corrected chi connectivity index (χ4v) is 3.53. The van der Waals surface area contributed by atoms with E-state index in [1.165, 1.54) is 12.1 Å². The van der Waals surface area contributed by atoms with E-state index in [0.29, 0.717) is 11.1 Å². The predicted octanol–water partition coefficient (Wildman–Crippen LogP) is 5.75. The maximum Gasteiger partial charge on any atom is 0.416 e.